The maximum atomic E-state index is 13.8. The van der Waals surface area contributed by atoms with Gasteiger partial charge in [0.25, 0.3) is 0 Å². The molecule has 7 heteroatoms. The minimum atomic E-state index is -1.60. The van der Waals surface area contributed by atoms with Crippen LogP contribution in [0.15, 0.2) is 0 Å². The molecule has 0 spiro atoms. The second kappa shape index (κ2) is 5.77. The van der Waals surface area contributed by atoms with Gasteiger partial charge in [0.15, 0.2) is 18.4 Å². The Morgan fingerprint density at radius 2 is 1.65 bits per heavy atom. The quantitative estimate of drug-likeness (QED) is 0.568. The lowest BCUT2D eigenvalue weighted by molar-refractivity contribution is -0.209. The van der Waals surface area contributed by atoms with Crippen LogP contribution >= 0.6 is 15.9 Å². The van der Waals surface area contributed by atoms with Crippen LogP contribution in [0.2, 0.25) is 0 Å². The average molecular weight is 313 g/mol. The molecule has 0 aliphatic carbocycles. The van der Waals surface area contributed by atoms with Crippen LogP contribution in [0.5, 0.6) is 0 Å². The van der Waals surface area contributed by atoms with Crippen LogP contribution in [0.25, 0.3) is 0 Å². The topological polar surface area (TPSA) is 61.8 Å². The first-order valence-corrected chi connectivity index (χ1v) is 6.02. The summed E-state index contributed by atoms with van der Waals surface area (Å²) < 4.78 is 28.8. The molecule has 1 fully saturated rings. The molecular weight excluding hydrogens is 299 g/mol. The van der Waals surface area contributed by atoms with Gasteiger partial charge in [-0.1, -0.05) is 15.9 Å². The smallest absolute Gasteiger partial charge is 0.303 e. The summed E-state index contributed by atoms with van der Waals surface area (Å²) in [4.78, 5) is 21.8. The highest BCUT2D eigenvalue weighted by Gasteiger charge is 2.47. The Morgan fingerprint density at radius 3 is 2.12 bits per heavy atom. The van der Waals surface area contributed by atoms with Crippen LogP contribution in [0.3, 0.4) is 0 Å². The second-order valence-corrected chi connectivity index (χ2v) is 4.69. The fourth-order valence-corrected chi connectivity index (χ4v) is 2.27. The predicted molar refractivity (Wildman–Crippen MR) is 59.3 cm³/mol. The van der Waals surface area contributed by atoms with Gasteiger partial charge >= 0.3 is 11.9 Å². The van der Waals surface area contributed by atoms with E-state index in [-0.39, 0.29) is 0 Å². The van der Waals surface area contributed by atoms with E-state index in [9.17, 15) is 14.0 Å². The predicted octanol–water partition coefficient (Wildman–Crippen LogP) is 1.33. The molecular formula is C10H14BrFO5. The van der Waals surface area contributed by atoms with E-state index in [1.165, 1.54) is 13.8 Å². The largest absolute Gasteiger partial charge is 0.456 e. The van der Waals surface area contributed by atoms with Crippen molar-refractivity contribution in [1.82, 2.24) is 0 Å². The molecule has 1 rings (SSSR count). The summed E-state index contributed by atoms with van der Waals surface area (Å²) in [5.74, 6) is -1.22. The highest BCUT2D eigenvalue weighted by molar-refractivity contribution is 9.09. The SMILES string of the molecule is CC(=O)O[C@H]1[C@@H](F)[C@H](Br)O[C@@H](C)[C@H]1OC(C)=O. The van der Waals surface area contributed by atoms with Crippen molar-refractivity contribution in [2.24, 2.45) is 0 Å². The third kappa shape index (κ3) is 3.64. The van der Waals surface area contributed by atoms with Gasteiger partial charge in [-0.25, -0.2) is 4.39 Å². The van der Waals surface area contributed by atoms with Crippen molar-refractivity contribution >= 4 is 27.9 Å². The molecule has 1 aliphatic rings. The molecule has 0 unspecified atom stereocenters. The number of esters is 2. The van der Waals surface area contributed by atoms with E-state index in [1.54, 1.807) is 6.92 Å². The van der Waals surface area contributed by atoms with Crippen molar-refractivity contribution in [3.8, 4) is 0 Å². The number of halogens is 2. The van der Waals surface area contributed by atoms with Crippen molar-refractivity contribution in [1.29, 1.82) is 0 Å². The summed E-state index contributed by atoms with van der Waals surface area (Å²) in [6.07, 6.45) is -4.27. The van der Waals surface area contributed by atoms with E-state index in [2.05, 4.69) is 15.9 Å². The molecule has 0 radical (unpaired) electrons. The molecule has 1 heterocycles. The molecule has 5 atom stereocenters. The Morgan fingerprint density at radius 1 is 1.18 bits per heavy atom. The van der Waals surface area contributed by atoms with Gasteiger partial charge in [-0.15, -0.1) is 0 Å². The molecule has 0 amide bonds. The monoisotopic (exact) mass is 312 g/mol. The average Bonchev–Trinajstić information content (AvgIpc) is 2.19. The molecule has 98 valence electrons. The Hall–Kier alpha value is -0.690. The van der Waals surface area contributed by atoms with Gasteiger partial charge in [0.2, 0.25) is 0 Å². The normalized spacial score (nSPS) is 37.4. The molecule has 0 saturated carbocycles. The number of ether oxygens (including phenoxy) is 3. The second-order valence-electron chi connectivity index (χ2n) is 3.78. The molecule has 1 aliphatic heterocycles. The van der Waals surface area contributed by atoms with Gasteiger partial charge in [0.05, 0.1) is 6.10 Å². The van der Waals surface area contributed by atoms with Crippen molar-refractivity contribution < 1.29 is 28.2 Å². The Kier molecular flexibility index (Phi) is 4.88. The fraction of sp³-hybridized carbons (Fsp3) is 0.800. The lowest BCUT2D eigenvalue weighted by atomic mass is 10.0. The highest BCUT2D eigenvalue weighted by atomic mass is 79.9. The summed E-state index contributed by atoms with van der Waals surface area (Å²) >= 11 is 2.99. The standard InChI is InChI=1S/C10H14BrFO5/c1-4-8(16-5(2)13)9(17-6(3)14)7(12)10(11)15-4/h4,7-10H,1-3H3/t4-,7+,8+,9-,10+/m0/s1. The third-order valence-electron chi connectivity index (χ3n) is 2.30. The molecule has 0 bridgehead atoms. The number of carbonyl (C=O) groups excluding carboxylic acids is 2. The van der Waals surface area contributed by atoms with E-state index >= 15 is 0 Å². The number of carbonyl (C=O) groups is 2. The Balaban J connectivity index is 2.86. The van der Waals surface area contributed by atoms with Gasteiger partial charge in [0, 0.05) is 13.8 Å². The van der Waals surface area contributed by atoms with E-state index in [4.69, 9.17) is 14.2 Å². The summed E-state index contributed by atoms with van der Waals surface area (Å²) in [6.45, 7) is 3.98. The zero-order chi connectivity index (χ0) is 13.2. The minimum absolute atomic E-state index is 0.570. The number of alkyl halides is 2. The summed E-state index contributed by atoms with van der Waals surface area (Å²) in [5.41, 5.74) is 0. The van der Waals surface area contributed by atoms with E-state index < -0.39 is 41.4 Å². The van der Waals surface area contributed by atoms with E-state index in [0.717, 1.165) is 0 Å². The Bertz CT molecular complexity index is 311. The zero-order valence-electron chi connectivity index (χ0n) is 9.68. The highest BCUT2D eigenvalue weighted by Crippen LogP contribution is 2.30. The van der Waals surface area contributed by atoms with Crippen molar-refractivity contribution in [3.63, 3.8) is 0 Å². The van der Waals surface area contributed by atoms with Crippen LogP contribution in [0.4, 0.5) is 4.39 Å². The van der Waals surface area contributed by atoms with Crippen molar-refractivity contribution in [3.05, 3.63) is 0 Å². The number of hydrogen-bond acceptors (Lipinski definition) is 5. The first kappa shape index (κ1) is 14.4. The lowest BCUT2D eigenvalue weighted by Crippen LogP contribution is -2.56. The van der Waals surface area contributed by atoms with Gasteiger partial charge in [-0.3, -0.25) is 9.59 Å². The zero-order valence-corrected chi connectivity index (χ0v) is 11.3. The summed E-state index contributed by atoms with van der Waals surface area (Å²) in [7, 11) is 0. The maximum absolute atomic E-state index is 13.8. The molecule has 17 heavy (non-hydrogen) atoms. The van der Waals surface area contributed by atoms with E-state index in [0.29, 0.717) is 0 Å². The molecule has 1 saturated heterocycles. The molecule has 0 N–H and O–H groups in total. The van der Waals surface area contributed by atoms with Gasteiger partial charge in [0.1, 0.15) is 5.01 Å². The van der Waals surface area contributed by atoms with Gasteiger partial charge in [-0.2, -0.15) is 0 Å². The molecule has 0 aromatic rings. The van der Waals surface area contributed by atoms with Crippen molar-refractivity contribution in [2.75, 3.05) is 0 Å². The van der Waals surface area contributed by atoms with Crippen LogP contribution in [0, 0.1) is 0 Å². The fourth-order valence-electron chi connectivity index (χ4n) is 1.63. The summed E-state index contributed by atoms with van der Waals surface area (Å²) in [5, 5.41) is -0.895. The van der Waals surface area contributed by atoms with Crippen molar-refractivity contribution in [2.45, 2.75) is 50.3 Å². The van der Waals surface area contributed by atoms with Crippen LogP contribution in [0.1, 0.15) is 20.8 Å². The van der Waals surface area contributed by atoms with Crippen LogP contribution in [-0.2, 0) is 23.8 Å². The van der Waals surface area contributed by atoms with Gasteiger partial charge in [-0.05, 0) is 6.92 Å². The number of hydrogen-bond donors (Lipinski definition) is 0. The molecule has 0 aromatic carbocycles. The third-order valence-corrected chi connectivity index (χ3v) is 3.02. The minimum Gasteiger partial charge on any atom is -0.456 e. The van der Waals surface area contributed by atoms with E-state index in [1.807, 2.05) is 0 Å². The molecule has 5 nitrogen and oxygen atoms in total. The lowest BCUT2D eigenvalue weighted by Gasteiger charge is -2.39. The molecule has 0 aromatic heterocycles. The summed E-state index contributed by atoms with van der Waals surface area (Å²) in [6, 6.07) is 0. The van der Waals surface area contributed by atoms with Crippen LogP contribution in [-0.4, -0.2) is 41.4 Å². The first-order chi connectivity index (χ1) is 7.82. The maximum Gasteiger partial charge on any atom is 0.303 e. The van der Waals surface area contributed by atoms with Crippen LogP contribution < -0.4 is 0 Å². The first-order valence-electron chi connectivity index (χ1n) is 5.11. The Labute approximate surface area is 107 Å². The number of rotatable bonds is 2. The van der Waals surface area contributed by atoms with Gasteiger partial charge < -0.3 is 14.2 Å².